The summed E-state index contributed by atoms with van der Waals surface area (Å²) in [6.45, 7) is 2.12. The highest BCUT2D eigenvalue weighted by Crippen LogP contribution is 2.43. The van der Waals surface area contributed by atoms with E-state index in [2.05, 4.69) is 104 Å². The quantitative estimate of drug-likeness (QED) is 0.344. The summed E-state index contributed by atoms with van der Waals surface area (Å²) in [5.41, 5.74) is 3.83. The second-order valence-corrected chi connectivity index (χ2v) is 6.95. The van der Waals surface area contributed by atoms with Crippen LogP contribution >= 0.6 is 0 Å². The smallest absolute Gasteiger partial charge is 0.144 e. The average molecular weight is 364 g/mol. The van der Waals surface area contributed by atoms with Crippen LogP contribution in [0.25, 0.3) is 0 Å². The molecule has 0 aliphatic carbocycles. The SMILES string of the molecule is CC(OC(c1ccccc1)(c1ccccc1)c1ccccc1)c1ccccc1. The largest absolute Gasteiger partial charge is 0.353 e. The van der Waals surface area contributed by atoms with E-state index < -0.39 is 5.60 Å². The zero-order valence-corrected chi connectivity index (χ0v) is 16.0. The Bertz CT molecular complexity index is 883. The van der Waals surface area contributed by atoms with Crippen molar-refractivity contribution in [3.8, 4) is 0 Å². The third-order valence-electron chi connectivity index (χ3n) is 5.16. The first-order valence-corrected chi connectivity index (χ1v) is 9.70. The molecule has 0 fully saturated rings. The van der Waals surface area contributed by atoms with Gasteiger partial charge in [0.2, 0.25) is 0 Å². The zero-order valence-electron chi connectivity index (χ0n) is 16.0. The van der Waals surface area contributed by atoms with Crippen molar-refractivity contribution in [3.63, 3.8) is 0 Å². The van der Waals surface area contributed by atoms with Crippen LogP contribution in [0.2, 0.25) is 0 Å². The lowest BCUT2D eigenvalue weighted by Crippen LogP contribution is -2.34. The summed E-state index contributed by atoms with van der Waals surface area (Å²) in [7, 11) is 0. The van der Waals surface area contributed by atoms with Crippen LogP contribution in [0.5, 0.6) is 0 Å². The molecule has 4 aromatic carbocycles. The van der Waals surface area contributed by atoms with Crippen molar-refractivity contribution < 1.29 is 4.74 Å². The maximum absolute atomic E-state index is 6.98. The summed E-state index contributed by atoms with van der Waals surface area (Å²) in [5.74, 6) is 0. The van der Waals surface area contributed by atoms with Crippen LogP contribution in [-0.4, -0.2) is 0 Å². The highest BCUT2D eigenvalue weighted by molar-refractivity contribution is 5.47. The number of ether oxygens (including phenoxy) is 1. The molecule has 0 heterocycles. The third kappa shape index (κ3) is 3.49. The molecule has 4 aromatic rings. The van der Waals surface area contributed by atoms with E-state index in [-0.39, 0.29) is 6.10 Å². The summed E-state index contributed by atoms with van der Waals surface area (Å²) in [6, 6.07) is 41.9. The molecule has 0 saturated carbocycles. The first-order valence-electron chi connectivity index (χ1n) is 9.70. The number of hydrogen-bond acceptors (Lipinski definition) is 1. The Morgan fingerprint density at radius 3 is 1.18 bits per heavy atom. The Morgan fingerprint density at radius 2 is 0.821 bits per heavy atom. The minimum Gasteiger partial charge on any atom is -0.353 e. The average Bonchev–Trinajstić information content (AvgIpc) is 2.80. The molecule has 0 bridgehead atoms. The van der Waals surface area contributed by atoms with Crippen LogP contribution in [0.1, 0.15) is 35.3 Å². The molecule has 28 heavy (non-hydrogen) atoms. The molecule has 1 nitrogen and oxygen atoms in total. The minimum atomic E-state index is -0.695. The highest BCUT2D eigenvalue weighted by Gasteiger charge is 2.39. The Labute approximate surface area is 167 Å². The van der Waals surface area contributed by atoms with Crippen LogP contribution < -0.4 is 0 Å². The Morgan fingerprint density at radius 1 is 0.500 bits per heavy atom. The molecule has 0 amide bonds. The predicted molar refractivity (Wildman–Crippen MR) is 115 cm³/mol. The van der Waals surface area contributed by atoms with Gasteiger partial charge in [-0.25, -0.2) is 0 Å². The lowest BCUT2D eigenvalue weighted by molar-refractivity contribution is -0.0402. The van der Waals surface area contributed by atoms with E-state index in [0.29, 0.717) is 0 Å². The van der Waals surface area contributed by atoms with Gasteiger partial charge in [0.05, 0.1) is 6.10 Å². The van der Waals surface area contributed by atoms with Gasteiger partial charge in [0, 0.05) is 0 Å². The highest BCUT2D eigenvalue weighted by atomic mass is 16.5. The van der Waals surface area contributed by atoms with Gasteiger partial charge in [0.25, 0.3) is 0 Å². The maximum atomic E-state index is 6.98. The van der Waals surface area contributed by atoms with Crippen molar-refractivity contribution in [2.75, 3.05) is 0 Å². The van der Waals surface area contributed by atoms with E-state index in [1.165, 1.54) is 0 Å². The fraction of sp³-hybridized carbons (Fsp3) is 0.111. The van der Waals surface area contributed by atoms with Gasteiger partial charge in [0.15, 0.2) is 0 Å². The molecule has 0 spiro atoms. The number of benzene rings is 4. The summed E-state index contributed by atoms with van der Waals surface area (Å²) < 4.78 is 6.98. The fourth-order valence-corrected chi connectivity index (χ4v) is 3.78. The van der Waals surface area contributed by atoms with Gasteiger partial charge in [-0.2, -0.15) is 0 Å². The molecule has 0 N–H and O–H groups in total. The molecule has 0 aliphatic heterocycles. The molecule has 138 valence electrons. The second-order valence-electron chi connectivity index (χ2n) is 6.95. The lowest BCUT2D eigenvalue weighted by Gasteiger charge is -2.38. The van der Waals surface area contributed by atoms with E-state index in [4.69, 9.17) is 4.74 Å². The van der Waals surface area contributed by atoms with Crippen molar-refractivity contribution in [1.82, 2.24) is 0 Å². The summed E-state index contributed by atoms with van der Waals surface area (Å²) in [4.78, 5) is 0. The lowest BCUT2D eigenvalue weighted by atomic mass is 9.79. The first-order chi connectivity index (χ1) is 13.8. The van der Waals surface area contributed by atoms with E-state index in [0.717, 1.165) is 22.3 Å². The van der Waals surface area contributed by atoms with Crippen molar-refractivity contribution in [1.29, 1.82) is 0 Å². The molecular formula is C27H24O. The van der Waals surface area contributed by atoms with Gasteiger partial charge in [-0.15, -0.1) is 0 Å². The van der Waals surface area contributed by atoms with Crippen molar-refractivity contribution in [2.45, 2.75) is 18.6 Å². The minimum absolute atomic E-state index is 0.0816. The molecule has 1 atom stereocenters. The van der Waals surface area contributed by atoms with Gasteiger partial charge in [0.1, 0.15) is 5.60 Å². The standard InChI is InChI=1S/C27H24O/c1-22(23-14-6-2-7-15-23)28-27(24-16-8-3-9-17-24,25-18-10-4-11-19-25)26-20-12-5-13-21-26/h2-22H,1H3. The van der Waals surface area contributed by atoms with Gasteiger partial charge in [-0.05, 0) is 29.2 Å². The van der Waals surface area contributed by atoms with E-state index in [1.807, 2.05) is 24.3 Å². The first kappa shape index (κ1) is 18.2. The van der Waals surface area contributed by atoms with E-state index in [1.54, 1.807) is 0 Å². The number of rotatable bonds is 6. The third-order valence-corrected chi connectivity index (χ3v) is 5.16. The maximum Gasteiger partial charge on any atom is 0.144 e. The van der Waals surface area contributed by atoms with Crippen molar-refractivity contribution >= 4 is 0 Å². The molecule has 0 radical (unpaired) electrons. The van der Waals surface area contributed by atoms with Crippen LogP contribution in [-0.2, 0) is 10.3 Å². The summed E-state index contributed by atoms with van der Waals surface area (Å²) in [6.07, 6.45) is -0.0816. The van der Waals surface area contributed by atoms with E-state index >= 15 is 0 Å². The molecule has 0 saturated heterocycles. The summed E-state index contributed by atoms with van der Waals surface area (Å²) in [5, 5.41) is 0. The predicted octanol–water partition coefficient (Wildman–Crippen LogP) is 6.76. The zero-order chi connectivity index (χ0) is 19.2. The van der Waals surface area contributed by atoms with Gasteiger partial charge < -0.3 is 4.74 Å². The molecular weight excluding hydrogens is 340 g/mol. The topological polar surface area (TPSA) is 9.23 Å². The van der Waals surface area contributed by atoms with Crippen LogP contribution in [0.4, 0.5) is 0 Å². The van der Waals surface area contributed by atoms with Crippen molar-refractivity contribution in [2.24, 2.45) is 0 Å². The van der Waals surface area contributed by atoms with Crippen LogP contribution in [0, 0.1) is 0 Å². The molecule has 0 aliphatic rings. The molecule has 4 rings (SSSR count). The van der Waals surface area contributed by atoms with Gasteiger partial charge >= 0.3 is 0 Å². The fourth-order valence-electron chi connectivity index (χ4n) is 3.78. The molecule has 0 aromatic heterocycles. The monoisotopic (exact) mass is 364 g/mol. The Balaban J connectivity index is 1.93. The van der Waals surface area contributed by atoms with E-state index in [9.17, 15) is 0 Å². The summed E-state index contributed by atoms with van der Waals surface area (Å²) >= 11 is 0. The number of hydrogen-bond donors (Lipinski definition) is 0. The Kier molecular flexibility index (Phi) is 5.36. The van der Waals surface area contributed by atoms with Crippen molar-refractivity contribution in [3.05, 3.63) is 144 Å². The van der Waals surface area contributed by atoms with Gasteiger partial charge in [-0.3, -0.25) is 0 Å². The van der Waals surface area contributed by atoms with Crippen LogP contribution in [0.15, 0.2) is 121 Å². The molecule has 1 heteroatoms. The van der Waals surface area contributed by atoms with Gasteiger partial charge in [-0.1, -0.05) is 121 Å². The normalized spacial score (nSPS) is 12.5. The second kappa shape index (κ2) is 8.24. The molecule has 1 unspecified atom stereocenters. The Hall–Kier alpha value is -3.16. The van der Waals surface area contributed by atoms with Crippen LogP contribution in [0.3, 0.4) is 0 Å².